The molecular weight excluding hydrogens is 900 g/mol. The van der Waals surface area contributed by atoms with Crippen LogP contribution in [0.25, 0.3) is 11.4 Å². The fraction of sp³-hybridized carbons (Fsp3) is 0.391. The van der Waals surface area contributed by atoms with Crippen molar-refractivity contribution in [3.63, 3.8) is 0 Å². The summed E-state index contributed by atoms with van der Waals surface area (Å²) >= 11 is 12.2. The molecule has 64 heavy (non-hydrogen) atoms. The summed E-state index contributed by atoms with van der Waals surface area (Å²) in [6.45, 7) is 8.51. The van der Waals surface area contributed by atoms with Gasteiger partial charge >= 0.3 is 0 Å². The van der Waals surface area contributed by atoms with Crippen molar-refractivity contribution >= 4 is 42.9 Å². The fourth-order valence-electron chi connectivity index (χ4n) is 8.02. The molecular formula is C46H52Cl2N6O8S2. The minimum Gasteiger partial charge on any atom is -0.495 e. The van der Waals surface area contributed by atoms with Crippen LogP contribution < -0.4 is 9.47 Å². The molecule has 0 spiro atoms. The fourth-order valence-corrected chi connectivity index (χ4v) is 11.1. The number of ether oxygens (including phenoxy) is 4. The maximum atomic E-state index is 13.4. The topological polar surface area (TPSA) is 167 Å². The SMILES string of the molecule is COc1cccc(C)c1-n1c(CS(=O)(=O)[C@@H](C)c2cccc(Cl)c2)nnc1[C@@H]1CCCO1.COc1cccc(C)c1-n1c(CS(=O)(=O)[C@@H](C)c2cccc(Cl)c2)nnc1[C@H]1CCCO1. The maximum Gasteiger partial charge on any atom is 0.167 e. The molecule has 18 heteroatoms. The summed E-state index contributed by atoms with van der Waals surface area (Å²) in [6, 6.07) is 25.2. The van der Waals surface area contributed by atoms with Crippen molar-refractivity contribution in [1.29, 1.82) is 0 Å². The van der Waals surface area contributed by atoms with Crippen molar-refractivity contribution in [2.75, 3.05) is 27.4 Å². The van der Waals surface area contributed by atoms with E-state index >= 15 is 0 Å². The molecule has 4 atom stereocenters. The summed E-state index contributed by atoms with van der Waals surface area (Å²) in [6.07, 6.45) is 2.96. The number of para-hydroxylation sites is 2. The molecule has 0 unspecified atom stereocenters. The van der Waals surface area contributed by atoms with Crippen LogP contribution in [0.3, 0.4) is 0 Å². The van der Waals surface area contributed by atoms with Crippen molar-refractivity contribution < 1.29 is 35.8 Å². The third-order valence-corrected chi connectivity index (χ3v) is 16.1. The van der Waals surface area contributed by atoms with Crippen molar-refractivity contribution in [3.05, 3.63) is 141 Å². The lowest BCUT2D eigenvalue weighted by molar-refractivity contribution is 0.103. The van der Waals surface area contributed by atoms with E-state index in [0.29, 0.717) is 69.2 Å². The Balaban J connectivity index is 0.000000191. The molecule has 4 heterocycles. The first-order chi connectivity index (χ1) is 30.6. The smallest absolute Gasteiger partial charge is 0.167 e. The van der Waals surface area contributed by atoms with Crippen LogP contribution >= 0.6 is 23.2 Å². The number of nitrogens with zero attached hydrogens (tertiary/aromatic N) is 6. The zero-order valence-corrected chi connectivity index (χ0v) is 39.7. The second kappa shape index (κ2) is 20.1. The van der Waals surface area contributed by atoms with Crippen LogP contribution in [0.15, 0.2) is 84.9 Å². The highest BCUT2D eigenvalue weighted by Gasteiger charge is 2.34. The van der Waals surface area contributed by atoms with Gasteiger partial charge in [-0.05, 0) is 112 Å². The molecule has 14 nitrogen and oxygen atoms in total. The van der Waals surface area contributed by atoms with Crippen molar-refractivity contribution in [1.82, 2.24) is 29.5 Å². The average Bonchev–Trinajstić information content (AvgIpc) is 4.12. The van der Waals surface area contributed by atoms with E-state index in [0.717, 1.165) is 48.2 Å². The summed E-state index contributed by atoms with van der Waals surface area (Å²) in [7, 11) is -4.06. The molecule has 0 amide bonds. The molecule has 0 aliphatic carbocycles. The summed E-state index contributed by atoms with van der Waals surface area (Å²) in [5.74, 6) is 2.52. The monoisotopic (exact) mass is 950 g/mol. The highest BCUT2D eigenvalue weighted by molar-refractivity contribution is 7.91. The van der Waals surface area contributed by atoms with Gasteiger partial charge in [0.05, 0.1) is 36.1 Å². The minimum atomic E-state index is -3.62. The van der Waals surface area contributed by atoms with Gasteiger partial charge in [-0.15, -0.1) is 20.4 Å². The second-order valence-electron chi connectivity index (χ2n) is 15.9. The quantitative estimate of drug-likeness (QED) is 0.102. The predicted molar refractivity (Wildman–Crippen MR) is 246 cm³/mol. The molecule has 6 aromatic rings. The van der Waals surface area contributed by atoms with E-state index in [9.17, 15) is 16.8 Å². The van der Waals surface area contributed by atoms with Gasteiger partial charge in [-0.1, -0.05) is 71.7 Å². The molecule has 0 bridgehead atoms. The number of rotatable bonds is 14. The molecule has 2 saturated heterocycles. The van der Waals surface area contributed by atoms with E-state index in [1.165, 1.54) is 0 Å². The lowest BCUT2D eigenvalue weighted by Gasteiger charge is -2.19. The first kappa shape index (κ1) is 47.1. The van der Waals surface area contributed by atoms with Gasteiger partial charge < -0.3 is 18.9 Å². The van der Waals surface area contributed by atoms with Gasteiger partial charge in [-0.25, -0.2) is 16.8 Å². The molecule has 2 fully saturated rings. The van der Waals surface area contributed by atoms with Crippen molar-refractivity contribution in [2.45, 2.75) is 87.6 Å². The number of benzene rings is 4. The lowest BCUT2D eigenvalue weighted by Crippen LogP contribution is -2.18. The van der Waals surface area contributed by atoms with Crippen molar-refractivity contribution in [2.24, 2.45) is 0 Å². The van der Waals surface area contributed by atoms with Crippen LogP contribution in [-0.4, -0.2) is 73.8 Å². The van der Waals surface area contributed by atoms with E-state index < -0.39 is 30.2 Å². The number of methoxy groups -OCH3 is 2. The molecule has 4 aromatic carbocycles. The lowest BCUT2D eigenvalue weighted by atomic mass is 10.1. The second-order valence-corrected chi connectivity index (χ2v) is 21.4. The largest absolute Gasteiger partial charge is 0.495 e. The van der Waals surface area contributed by atoms with Crippen LogP contribution in [0.5, 0.6) is 11.5 Å². The van der Waals surface area contributed by atoms with Crippen LogP contribution in [0.1, 0.15) is 108 Å². The molecule has 8 rings (SSSR count). The Kier molecular flexibility index (Phi) is 14.8. The molecule has 0 N–H and O–H groups in total. The van der Waals surface area contributed by atoms with E-state index in [2.05, 4.69) is 20.4 Å². The molecule has 0 radical (unpaired) electrons. The number of halogens is 2. The molecule has 2 aromatic heterocycles. The van der Waals surface area contributed by atoms with Crippen LogP contribution in [0, 0.1) is 13.8 Å². The molecule has 340 valence electrons. The Hall–Kier alpha value is -4.84. The first-order valence-corrected chi connectivity index (χ1v) is 25.2. The van der Waals surface area contributed by atoms with Gasteiger partial charge in [0.1, 0.15) is 35.2 Å². The molecule has 2 aliphatic heterocycles. The third kappa shape index (κ3) is 10.2. The Bertz CT molecular complexity index is 2630. The first-order valence-electron chi connectivity index (χ1n) is 21.0. The number of hydrogen-bond donors (Lipinski definition) is 0. The number of hydrogen-bond acceptors (Lipinski definition) is 12. The summed E-state index contributed by atoms with van der Waals surface area (Å²) in [4.78, 5) is 0. The highest BCUT2D eigenvalue weighted by Crippen LogP contribution is 2.38. The van der Waals surface area contributed by atoms with Crippen LogP contribution in [0.2, 0.25) is 10.0 Å². The number of aryl methyl sites for hydroxylation is 2. The Morgan fingerprint density at radius 2 is 1.02 bits per heavy atom. The molecule has 0 saturated carbocycles. The van der Waals surface area contributed by atoms with Gasteiger partial charge in [0.2, 0.25) is 0 Å². The van der Waals surface area contributed by atoms with Crippen LogP contribution in [0.4, 0.5) is 0 Å². The summed E-state index contributed by atoms with van der Waals surface area (Å²) in [5, 5.41) is 16.8. The Morgan fingerprint density at radius 3 is 1.36 bits per heavy atom. The average molecular weight is 952 g/mol. The minimum absolute atomic E-state index is 0.242. The van der Waals surface area contributed by atoms with E-state index in [-0.39, 0.29) is 23.7 Å². The standard InChI is InChI=1S/2C23H26ClN3O4S/c2*1-15-7-4-10-19(30-3)22(15)27-21(25-26-23(27)20-11-6-12-31-20)14-32(28,29)16(2)17-8-5-9-18(24)13-17/h2*4-5,7-10,13,16,20H,6,11-12,14H2,1-3H3/t16-,20+;16-,20-/m00/s1. The Labute approximate surface area is 384 Å². The number of aromatic nitrogens is 6. The van der Waals surface area contributed by atoms with Gasteiger partial charge in [0.15, 0.2) is 43.0 Å². The zero-order chi connectivity index (χ0) is 45.8. The molecule has 2 aliphatic rings. The maximum absolute atomic E-state index is 13.4. The normalized spacial score (nSPS) is 17.4. The van der Waals surface area contributed by atoms with E-state index in [1.807, 2.05) is 50.2 Å². The highest BCUT2D eigenvalue weighted by atomic mass is 35.5. The van der Waals surface area contributed by atoms with Gasteiger partial charge in [-0.2, -0.15) is 0 Å². The summed E-state index contributed by atoms with van der Waals surface area (Å²) in [5.41, 5.74) is 4.57. The van der Waals surface area contributed by atoms with E-state index in [1.54, 1.807) is 85.7 Å². The zero-order valence-electron chi connectivity index (χ0n) is 36.6. The van der Waals surface area contributed by atoms with Gasteiger partial charge in [0.25, 0.3) is 0 Å². The van der Waals surface area contributed by atoms with Crippen molar-refractivity contribution in [3.8, 4) is 22.9 Å². The number of sulfone groups is 2. The third-order valence-electron chi connectivity index (χ3n) is 11.6. The van der Waals surface area contributed by atoms with E-state index in [4.69, 9.17) is 42.1 Å². The predicted octanol–water partition coefficient (Wildman–Crippen LogP) is 9.53. The summed E-state index contributed by atoms with van der Waals surface area (Å²) < 4.78 is 80.0. The Morgan fingerprint density at radius 1 is 0.625 bits per heavy atom. The van der Waals surface area contributed by atoms with Gasteiger partial charge in [-0.3, -0.25) is 9.13 Å². The van der Waals surface area contributed by atoms with Gasteiger partial charge in [0, 0.05) is 23.3 Å². The van der Waals surface area contributed by atoms with Crippen LogP contribution in [-0.2, 0) is 40.7 Å².